The van der Waals surface area contributed by atoms with Crippen LogP contribution < -0.4 is 10.1 Å². The molecule has 0 spiro atoms. The van der Waals surface area contributed by atoms with Gasteiger partial charge in [-0.1, -0.05) is 30.3 Å². The lowest BCUT2D eigenvalue weighted by molar-refractivity contribution is 0.407. The third-order valence-corrected chi connectivity index (χ3v) is 3.90. The van der Waals surface area contributed by atoms with Gasteiger partial charge in [-0.05, 0) is 48.6 Å². The van der Waals surface area contributed by atoms with Crippen LogP contribution >= 0.6 is 0 Å². The largest absolute Gasteiger partial charge is 0.496 e. The van der Waals surface area contributed by atoms with Crippen molar-refractivity contribution in [1.82, 2.24) is 5.32 Å². The lowest BCUT2D eigenvalue weighted by Gasteiger charge is -2.13. The van der Waals surface area contributed by atoms with Crippen LogP contribution in [0.3, 0.4) is 0 Å². The first kappa shape index (κ1) is 13.2. The maximum atomic E-state index is 5.48. The Labute approximate surface area is 120 Å². The van der Waals surface area contributed by atoms with Crippen molar-refractivity contribution in [2.24, 2.45) is 0 Å². The molecule has 0 amide bonds. The number of hydrogen-bond donors (Lipinski definition) is 1. The van der Waals surface area contributed by atoms with Crippen LogP contribution in [0, 0.1) is 6.92 Å². The van der Waals surface area contributed by atoms with Gasteiger partial charge in [0.05, 0.1) is 7.11 Å². The average molecular weight is 267 g/mol. The molecule has 0 atom stereocenters. The molecule has 2 aromatic rings. The Morgan fingerprint density at radius 3 is 2.65 bits per heavy atom. The minimum atomic E-state index is 0.710. The van der Waals surface area contributed by atoms with E-state index in [1.165, 1.54) is 35.1 Å². The van der Waals surface area contributed by atoms with Gasteiger partial charge >= 0.3 is 0 Å². The highest BCUT2D eigenvalue weighted by atomic mass is 16.5. The van der Waals surface area contributed by atoms with E-state index in [0.717, 1.165) is 12.3 Å². The van der Waals surface area contributed by atoms with Crippen LogP contribution in [0.2, 0.25) is 0 Å². The van der Waals surface area contributed by atoms with Crippen molar-refractivity contribution in [3.8, 4) is 16.9 Å². The monoisotopic (exact) mass is 267 g/mol. The molecule has 1 aliphatic carbocycles. The van der Waals surface area contributed by atoms with Gasteiger partial charge in [0, 0.05) is 18.2 Å². The summed E-state index contributed by atoms with van der Waals surface area (Å²) in [4.78, 5) is 0. The first-order chi connectivity index (χ1) is 9.78. The van der Waals surface area contributed by atoms with E-state index in [0.29, 0.717) is 6.04 Å². The first-order valence-corrected chi connectivity index (χ1v) is 7.24. The molecule has 2 nitrogen and oxygen atoms in total. The molecule has 0 unspecified atom stereocenters. The summed E-state index contributed by atoms with van der Waals surface area (Å²) >= 11 is 0. The van der Waals surface area contributed by atoms with Gasteiger partial charge in [-0.25, -0.2) is 0 Å². The highest BCUT2D eigenvalue weighted by molar-refractivity contribution is 5.68. The van der Waals surface area contributed by atoms with Crippen LogP contribution in [-0.4, -0.2) is 13.2 Å². The number of benzene rings is 2. The van der Waals surface area contributed by atoms with Gasteiger partial charge in [0.2, 0.25) is 0 Å². The van der Waals surface area contributed by atoms with Crippen LogP contribution in [0.4, 0.5) is 0 Å². The zero-order valence-electron chi connectivity index (χ0n) is 12.1. The van der Waals surface area contributed by atoms with E-state index in [9.17, 15) is 0 Å². The second-order valence-electron chi connectivity index (χ2n) is 5.50. The van der Waals surface area contributed by atoms with Crippen LogP contribution in [0.25, 0.3) is 11.1 Å². The first-order valence-electron chi connectivity index (χ1n) is 7.24. The summed E-state index contributed by atoms with van der Waals surface area (Å²) < 4.78 is 5.48. The van der Waals surface area contributed by atoms with Gasteiger partial charge in [-0.2, -0.15) is 0 Å². The van der Waals surface area contributed by atoms with E-state index in [1.807, 2.05) is 0 Å². The zero-order chi connectivity index (χ0) is 13.9. The number of aryl methyl sites for hydroxylation is 1. The molecule has 1 aliphatic rings. The summed E-state index contributed by atoms with van der Waals surface area (Å²) in [6.07, 6.45) is 2.61. The molecule has 0 heterocycles. The summed E-state index contributed by atoms with van der Waals surface area (Å²) in [6, 6.07) is 15.7. The molecular weight excluding hydrogens is 246 g/mol. The molecule has 1 N–H and O–H groups in total. The van der Waals surface area contributed by atoms with Gasteiger partial charge in [0.1, 0.15) is 5.75 Å². The molecule has 2 heteroatoms. The molecule has 0 bridgehead atoms. The van der Waals surface area contributed by atoms with Crippen LogP contribution in [0.5, 0.6) is 5.75 Å². The lowest BCUT2D eigenvalue weighted by atomic mass is 9.98. The summed E-state index contributed by atoms with van der Waals surface area (Å²) in [7, 11) is 1.74. The van der Waals surface area contributed by atoms with Crippen molar-refractivity contribution in [3.63, 3.8) is 0 Å². The number of nitrogens with one attached hydrogen (secondary N) is 1. The maximum absolute atomic E-state index is 5.48. The molecule has 2 aromatic carbocycles. The third kappa shape index (κ3) is 2.86. The molecule has 1 fully saturated rings. The van der Waals surface area contributed by atoms with Crippen molar-refractivity contribution in [2.75, 3.05) is 7.11 Å². The Morgan fingerprint density at radius 2 is 1.95 bits per heavy atom. The quantitative estimate of drug-likeness (QED) is 0.886. The van der Waals surface area contributed by atoms with Crippen molar-refractivity contribution >= 4 is 0 Å². The fraction of sp³-hybridized carbons (Fsp3) is 0.333. The normalized spacial score (nSPS) is 14.3. The van der Waals surface area contributed by atoms with E-state index in [1.54, 1.807) is 7.11 Å². The maximum Gasteiger partial charge on any atom is 0.123 e. The molecule has 3 rings (SSSR count). The average Bonchev–Trinajstić information content (AvgIpc) is 3.29. The smallest absolute Gasteiger partial charge is 0.123 e. The molecular formula is C18H21NO. The minimum Gasteiger partial charge on any atom is -0.496 e. The van der Waals surface area contributed by atoms with Gasteiger partial charge in [-0.3, -0.25) is 0 Å². The second-order valence-corrected chi connectivity index (χ2v) is 5.50. The van der Waals surface area contributed by atoms with E-state index < -0.39 is 0 Å². The van der Waals surface area contributed by atoms with Crippen LogP contribution in [0.1, 0.15) is 24.0 Å². The minimum absolute atomic E-state index is 0.710. The van der Waals surface area contributed by atoms with Crippen molar-refractivity contribution in [2.45, 2.75) is 32.4 Å². The number of ether oxygens (including phenoxy) is 1. The van der Waals surface area contributed by atoms with Crippen molar-refractivity contribution in [1.29, 1.82) is 0 Å². The summed E-state index contributed by atoms with van der Waals surface area (Å²) in [5, 5.41) is 3.56. The Morgan fingerprint density at radius 1 is 1.15 bits per heavy atom. The Balaban J connectivity index is 1.91. The van der Waals surface area contributed by atoms with Gasteiger partial charge in [0.15, 0.2) is 0 Å². The fourth-order valence-corrected chi connectivity index (χ4v) is 2.52. The van der Waals surface area contributed by atoms with E-state index in [-0.39, 0.29) is 0 Å². The van der Waals surface area contributed by atoms with E-state index in [2.05, 4.69) is 54.7 Å². The van der Waals surface area contributed by atoms with Crippen LogP contribution in [0.15, 0.2) is 42.5 Å². The predicted molar refractivity (Wildman–Crippen MR) is 83.0 cm³/mol. The topological polar surface area (TPSA) is 21.3 Å². The SMILES string of the molecule is COc1ccc(-c2ccccc2C)cc1CNC1CC1. The molecule has 1 saturated carbocycles. The highest BCUT2D eigenvalue weighted by Crippen LogP contribution is 2.29. The summed E-state index contributed by atoms with van der Waals surface area (Å²) in [5.74, 6) is 0.968. The molecule has 20 heavy (non-hydrogen) atoms. The third-order valence-electron chi connectivity index (χ3n) is 3.90. The Bertz CT molecular complexity index is 602. The zero-order valence-corrected chi connectivity index (χ0v) is 12.1. The number of hydrogen-bond acceptors (Lipinski definition) is 2. The standard InChI is InChI=1S/C18H21NO/c1-13-5-3-4-6-17(13)14-7-10-18(20-2)15(11-14)12-19-16-8-9-16/h3-7,10-11,16,19H,8-9,12H2,1-2H3. The summed E-state index contributed by atoms with van der Waals surface area (Å²) in [5.41, 5.74) is 5.10. The van der Waals surface area contributed by atoms with Crippen molar-refractivity contribution < 1.29 is 4.74 Å². The molecule has 0 aromatic heterocycles. The van der Waals surface area contributed by atoms with Gasteiger partial charge in [-0.15, -0.1) is 0 Å². The van der Waals surface area contributed by atoms with Crippen LogP contribution in [-0.2, 0) is 6.54 Å². The van der Waals surface area contributed by atoms with E-state index in [4.69, 9.17) is 4.74 Å². The number of methoxy groups -OCH3 is 1. The van der Waals surface area contributed by atoms with Crippen molar-refractivity contribution in [3.05, 3.63) is 53.6 Å². The molecule has 0 radical (unpaired) electrons. The summed E-state index contributed by atoms with van der Waals surface area (Å²) in [6.45, 7) is 3.04. The van der Waals surface area contributed by atoms with Gasteiger partial charge < -0.3 is 10.1 Å². The Hall–Kier alpha value is -1.80. The molecule has 104 valence electrons. The molecule has 0 aliphatic heterocycles. The molecule has 0 saturated heterocycles. The second kappa shape index (κ2) is 5.68. The fourth-order valence-electron chi connectivity index (χ4n) is 2.52. The lowest BCUT2D eigenvalue weighted by Crippen LogP contribution is -2.15. The number of rotatable bonds is 5. The Kier molecular flexibility index (Phi) is 3.75. The van der Waals surface area contributed by atoms with E-state index >= 15 is 0 Å². The highest BCUT2D eigenvalue weighted by Gasteiger charge is 2.20. The van der Waals surface area contributed by atoms with Gasteiger partial charge in [0.25, 0.3) is 0 Å². The predicted octanol–water partition coefficient (Wildman–Crippen LogP) is 3.92.